The molecular formula is C16H22N2OS. The van der Waals surface area contributed by atoms with Crippen LogP contribution in [0.3, 0.4) is 0 Å². The van der Waals surface area contributed by atoms with Crippen molar-refractivity contribution >= 4 is 23.1 Å². The summed E-state index contributed by atoms with van der Waals surface area (Å²) >= 11 is 4.91. The molecule has 1 saturated carbocycles. The summed E-state index contributed by atoms with van der Waals surface area (Å²) in [5.74, 6) is 0.691. The van der Waals surface area contributed by atoms with Gasteiger partial charge in [0, 0.05) is 11.6 Å². The largest absolute Gasteiger partial charge is 0.389 e. The number of rotatable bonds is 4. The van der Waals surface area contributed by atoms with Gasteiger partial charge in [-0.3, -0.25) is 4.79 Å². The van der Waals surface area contributed by atoms with Gasteiger partial charge in [-0.1, -0.05) is 56.2 Å². The van der Waals surface area contributed by atoms with Gasteiger partial charge in [0.25, 0.3) is 0 Å². The minimum Gasteiger partial charge on any atom is -0.389 e. The predicted octanol–water partition coefficient (Wildman–Crippen LogP) is 2.56. The molecule has 108 valence electrons. The van der Waals surface area contributed by atoms with E-state index in [2.05, 4.69) is 12.2 Å². The third-order valence-corrected chi connectivity index (χ3v) is 4.30. The number of carbonyl (C=O) groups excluding carboxylic acids is 1. The maximum Gasteiger partial charge on any atom is 0.224 e. The molecule has 0 radical (unpaired) electrons. The van der Waals surface area contributed by atoms with Gasteiger partial charge in [-0.25, -0.2) is 0 Å². The zero-order valence-corrected chi connectivity index (χ0v) is 12.7. The van der Waals surface area contributed by atoms with Gasteiger partial charge in [-0.2, -0.15) is 0 Å². The van der Waals surface area contributed by atoms with Crippen LogP contribution >= 0.6 is 12.2 Å². The highest BCUT2D eigenvalue weighted by Crippen LogP contribution is 2.23. The van der Waals surface area contributed by atoms with E-state index in [9.17, 15) is 4.79 Å². The van der Waals surface area contributed by atoms with Crippen molar-refractivity contribution in [2.45, 2.75) is 45.1 Å². The molecule has 1 aliphatic rings. The molecule has 3 N–H and O–H groups in total. The van der Waals surface area contributed by atoms with Gasteiger partial charge in [0.2, 0.25) is 5.91 Å². The maximum atomic E-state index is 12.1. The lowest BCUT2D eigenvalue weighted by atomic mass is 9.86. The van der Waals surface area contributed by atoms with Crippen molar-refractivity contribution in [3.63, 3.8) is 0 Å². The molecule has 3 nitrogen and oxygen atoms in total. The average Bonchev–Trinajstić information content (AvgIpc) is 2.42. The van der Waals surface area contributed by atoms with E-state index in [0.29, 0.717) is 23.4 Å². The number of nitrogens with one attached hydrogen (secondary N) is 1. The third kappa shape index (κ3) is 4.04. The second-order valence-electron chi connectivity index (χ2n) is 5.67. The van der Waals surface area contributed by atoms with E-state index in [-0.39, 0.29) is 5.91 Å². The molecule has 1 aliphatic carbocycles. The second-order valence-corrected chi connectivity index (χ2v) is 6.11. The molecule has 4 heteroatoms. The lowest BCUT2D eigenvalue weighted by molar-refractivity contribution is -0.121. The number of benzene rings is 1. The standard InChI is InChI=1S/C16H22N2OS/c1-11-4-2-3-5-14(11)18-15(19)10-12-6-8-13(9-7-12)16(17)20/h6-9,11,14H,2-5,10H2,1H3,(H2,17,20)(H,18,19). The number of hydrogen-bond donors (Lipinski definition) is 2. The first-order valence-corrected chi connectivity index (χ1v) is 7.65. The van der Waals surface area contributed by atoms with Crippen molar-refractivity contribution in [3.8, 4) is 0 Å². The monoisotopic (exact) mass is 290 g/mol. The summed E-state index contributed by atoms with van der Waals surface area (Å²) < 4.78 is 0. The molecule has 0 aromatic heterocycles. The molecule has 2 unspecified atom stereocenters. The SMILES string of the molecule is CC1CCCCC1NC(=O)Cc1ccc(C(N)=S)cc1. The summed E-state index contributed by atoms with van der Waals surface area (Å²) in [7, 11) is 0. The fourth-order valence-corrected chi connectivity index (χ4v) is 2.90. The van der Waals surface area contributed by atoms with Crippen molar-refractivity contribution in [1.29, 1.82) is 0 Å². The molecule has 1 fully saturated rings. The van der Waals surface area contributed by atoms with Crippen molar-refractivity contribution in [2.75, 3.05) is 0 Å². The van der Waals surface area contributed by atoms with Crippen molar-refractivity contribution < 1.29 is 4.79 Å². The van der Waals surface area contributed by atoms with Crippen LogP contribution in [0.25, 0.3) is 0 Å². The average molecular weight is 290 g/mol. The Morgan fingerprint density at radius 2 is 1.95 bits per heavy atom. The molecule has 0 spiro atoms. The van der Waals surface area contributed by atoms with Crippen LogP contribution in [0.15, 0.2) is 24.3 Å². The smallest absolute Gasteiger partial charge is 0.224 e. The summed E-state index contributed by atoms with van der Waals surface area (Å²) in [5.41, 5.74) is 7.39. The number of hydrogen-bond acceptors (Lipinski definition) is 2. The molecule has 0 heterocycles. The van der Waals surface area contributed by atoms with Crippen LogP contribution in [-0.2, 0) is 11.2 Å². The van der Waals surface area contributed by atoms with E-state index in [4.69, 9.17) is 18.0 Å². The lowest BCUT2D eigenvalue weighted by Crippen LogP contribution is -2.41. The summed E-state index contributed by atoms with van der Waals surface area (Å²) in [4.78, 5) is 12.5. The van der Waals surface area contributed by atoms with Gasteiger partial charge in [0.1, 0.15) is 4.99 Å². The van der Waals surface area contributed by atoms with Crippen LogP contribution in [0.5, 0.6) is 0 Å². The molecule has 1 aromatic carbocycles. The normalized spacial score (nSPS) is 22.2. The van der Waals surface area contributed by atoms with Crippen molar-refractivity contribution in [2.24, 2.45) is 11.7 Å². The zero-order valence-electron chi connectivity index (χ0n) is 11.9. The molecule has 0 bridgehead atoms. The van der Waals surface area contributed by atoms with Crippen LogP contribution in [-0.4, -0.2) is 16.9 Å². The van der Waals surface area contributed by atoms with E-state index in [0.717, 1.165) is 17.5 Å². The molecule has 1 amide bonds. The quantitative estimate of drug-likeness (QED) is 0.838. The molecule has 1 aromatic rings. The van der Waals surface area contributed by atoms with E-state index in [1.165, 1.54) is 19.3 Å². The Bertz CT molecular complexity index is 484. The maximum absolute atomic E-state index is 12.1. The minimum atomic E-state index is 0.104. The Balaban J connectivity index is 1.89. The number of nitrogens with two attached hydrogens (primary N) is 1. The lowest BCUT2D eigenvalue weighted by Gasteiger charge is -2.29. The summed E-state index contributed by atoms with van der Waals surface area (Å²) in [6, 6.07) is 7.91. The Morgan fingerprint density at radius 1 is 1.30 bits per heavy atom. The van der Waals surface area contributed by atoms with E-state index in [1.807, 2.05) is 24.3 Å². The number of carbonyl (C=O) groups is 1. The first kappa shape index (κ1) is 15.0. The van der Waals surface area contributed by atoms with E-state index in [1.54, 1.807) is 0 Å². The second kappa shape index (κ2) is 6.84. The Labute approximate surface area is 125 Å². The van der Waals surface area contributed by atoms with Crippen LogP contribution in [0.2, 0.25) is 0 Å². The predicted molar refractivity (Wildman–Crippen MR) is 85.6 cm³/mol. The van der Waals surface area contributed by atoms with Gasteiger partial charge in [-0.15, -0.1) is 0 Å². The molecule has 20 heavy (non-hydrogen) atoms. The summed E-state index contributed by atoms with van der Waals surface area (Å²) in [6.45, 7) is 2.22. The van der Waals surface area contributed by atoms with Crippen LogP contribution in [0.1, 0.15) is 43.7 Å². The Morgan fingerprint density at radius 3 is 2.55 bits per heavy atom. The first-order chi connectivity index (χ1) is 9.56. The highest BCUT2D eigenvalue weighted by molar-refractivity contribution is 7.80. The van der Waals surface area contributed by atoms with Crippen LogP contribution < -0.4 is 11.1 Å². The molecular weight excluding hydrogens is 268 g/mol. The molecule has 2 atom stereocenters. The molecule has 0 saturated heterocycles. The van der Waals surface area contributed by atoms with Crippen LogP contribution in [0, 0.1) is 5.92 Å². The topological polar surface area (TPSA) is 55.1 Å². The minimum absolute atomic E-state index is 0.104. The van der Waals surface area contributed by atoms with Gasteiger partial charge < -0.3 is 11.1 Å². The Hall–Kier alpha value is -1.42. The highest BCUT2D eigenvalue weighted by Gasteiger charge is 2.22. The van der Waals surface area contributed by atoms with Crippen molar-refractivity contribution in [3.05, 3.63) is 35.4 Å². The van der Waals surface area contributed by atoms with Gasteiger partial charge in [0.05, 0.1) is 6.42 Å². The zero-order chi connectivity index (χ0) is 14.5. The van der Waals surface area contributed by atoms with Gasteiger partial charge >= 0.3 is 0 Å². The van der Waals surface area contributed by atoms with E-state index >= 15 is 0 Å². The summed E-state index contributed by atoms with van der Waals surface area (Å²) in [5, 5.41) is 3.17. The third-order valence-electron chi connectivity index (χ3n) is 4.06. The fraction of sp³-hybridized carbons (Fsp3) is 0.500. The molecule has 2 rings (SSSR count). The van der Waals surface area contributed by atoms with E-state index < -0.39 is 0 Å². The van der Waals surface area contributed by atoms with Crippen LogP contribution in [0.4, 0.5) is 0 Å². The van der Waals surface area contributed by atoms with Gasteiger partial charge in [0.15, 0.2) is 0 Å². The Kier molecular flexibility index (Phi) is 5.12. The highest BCUT2D eigenvalue weighted by atomic mass is 32.1. The van der Waals surface area contributed by atoms with Gasteiger partial charge in [-0.05, 0) is 24.3 Å². The number of amides is 1. The fourth-order valence-electron chi connectivity index (χ4n) is 2.76. The molecule has 0 aliphatic heterocycles. The first-order valence-electron chi connectivity index (χ1n) is 7.24. The number of thiocarbonyl (C=S) groups is 1. The summed E-state index contributed by atoms with van der Waals surface area (Å²) in [6.07, 6.45) is 5.24. The van der Waals surface area contributed by atoms with Crippen molar-refractivity contribution in [1.82, 2.24) is 5.32 Å².